The lowest BCUT2D eigenvalue weighted by molar-refractivity contribution is 0.0595. The Kier molecular flexibility index (Phi) is 2.36. The molecule has 1 heterocycles. The quantitative estimate of drug-likeness (QED) is 0.762. The van der Waals surface area contributed by atoms with Crippen LogP contribution in [0.15, 0.2) is 18.2 Å². The molecule has 2 aromatic rings. The van der Waals surface area contributed by atoms with Gasteiger partial charge in [-0.25, -0.2) is 9.18 Å². The van der Waals surface area contributed by atoms with Crippen molar-refractivity contribution in [3.8, 4) is 0 Å². The van der Waals surface area contributed by atoms with E-state index < -0.39 is 11.8 Å². The normalized spacial score (nSPS) is 10.6. The van der Waals surface area contributed by atoms with Gasteiger partial charge < -0.3 is 9.72 Å². The molecule has 5 heteroatoms. The molecule has 78 valence electrons. The number of fused-ring (bicyclic) bond motifs is 1. The zero-order valence-corrected chi connectivity index (χ0v) is 8.56. The summed E-state index contributed by atoms with van der Waals surface area (Å²) in [4.78, 5) is 13.9. The van der Waals surface area contributed by atoms with E-state index in [1.54, 1.807) is 0 Å². The lowest BCUT2D eigenvalue weighted by atomic mass is 10.2. The molecule has 0 aliphatic heterocycles. The Hall–Kier alpha value is -1.55. The largest absolute Gasteiger partial charge is 0.464 e. The number of esters is 1. The van der Waals surface area contributed by atoms with Gasteiger partial charge in [-0.2, -0.15) is 0 Å². The zero-order chi connectivity index (χ0) is 11.0. The molecule has 0 unspecified atom stereocenters. The number of aromatic amines is 1. The van der Waals surface area contributed by atoms with Gasteiger partial charge in [0.1, 0.15) is 11.5 Å². The molecule has 0 bridgehead atoms. The van der Waals surface area contributed by atoms with E-state index in [0.29, 0.717) is 10.5 Å². The molecule has 1 aromatic heterocycles. The van der Waals surface area contributed by atoms with Gasteiger partial charge in [0.2, 0.25) is 0 Å². The predicted octanol–water partition coefficient (Wildman–Crippen LogP) is 2.75. The number of carbonyl (C=O) groups excluding carboxylic acids is 1. The Morgan fingerprint density at radius 1 is 1.53 bits per heavy atom. The molecule has 0 saturated carbocycles. The molecule has 0 atom stereocenters. The molecule has 0 amide bonds. The summed E-state index contributed by atoms with van der Waals surface area (Å²) in [5.41, 5.74) is 0.580. The van der Waals surface area contributed by atoms with Crippen LogP contribution in [0.3, 0.4) is 0 Å². The summed E-state index contributed by atoms with van der Waals surface area (Å²) >= 11 is 5.84. The molecule has 0 aliphatic rings. The Balaban J connectivity index is 2.70. The van der Waals surface area contributed by atoms with Crippen LogP contribution in [0.4, 0.5) is 4.39 Å². The molecular formula is C10H7ClFNO2. The summed E-state index contributed by atoms with van der Waals surface area (Å²) in [6.45, 7) is 0. The van der Waals surface area contributed by atoms with E-state index in [2.05, 4.69) is 9.72 Å². The fraction of sp³-hybridized carbons (Fsp3) is 0.100. The van der Waals surface area contributed by atoms with Crippen LogP contribution < -0.4 is 0 Å². The van der Waals surface area contributed by atoms with E-state index >= 15 is 0 Å². The average Bonchev–Trinajstić information content (AvgIpc) is 2.68. The number of hydrogen-bond donors (Lipinski definition) is 1. The van der Waals surface area contributed by atoms with Crippen molar-refractivity contribution in [2.75, 3.05) is 7.11 Å². The SMILES string of the molecule is COC(=O)c1cc2c(F)ccc(Cl)c2[nH]1. The van der Waals surface area contributed by atoms with Crippen molar-refractivity contribution >= 4 is 28.5 Å². The van der Waals surface area contributed by atoms with Crippen LogP contribution in [-0.4, -0.2) is 18.1 Å². The molecule has 1 N–H and O–H groups in total. The Morgan fingerprint density at radius 3 is 2.87 bits per heavy atom. The van der Waals surface area contributed by atoms with E-state index in [1.165, 1.54) is 25.3 Å². The van der Waals surface area contributed by atoms with Crippen molar-refractivity contribution < 1.29 is 13.9 Å². The molecule has 15 heavy (non-hydrogen) atoms. The van der Waals surface area contributed by atoms with Crippen molar-refractivity contribution in [1.29, 1.82) is 0 Å². The lowest BCUT2D eigenvalue weighted by Crippen LogP contribution is -2.00. The maximum atomic E-state index is 13.3. The van der Waals surface area contributed by atoms with Crippen LogP contribution in [0.25, 0.3) is 10.9 Å². The number of aromatic nitrogens is 1. The molecule has 0 radical (unpaired) electrons. The third-order valence-corrected chi connectivity index (χ3v) is 2.41. The minimum absolute atomic E-state index is 0.180. The highest BCUT2D eigenvalue weighted by Gasteiger charge is 2.13. The van der Waals surface area contributed by atoms with Crippen molar-refractivity contribution in [2.45, 2.75) is 0 Å². The van der Waals surface area contributed by atoms with Gasteiger partial charge in [-0.1, -0.05) is 11.6 Å². The first-order chi connectivity index (χ1) is 7.13. The molecular weight excluding hydrogens is 221 g/mol. The lowest BCUT2D eigenvalue weighted by Gasteiger charge is -1.94. The van der Waals surface area contributed by atoms with Crippen LogP contribution in [0.1, 0.15) is 10.5 Å². The van der Waals surface area contributed by atoms with E-state index in [-0.39, 0.29) is 11.1 Å². The van der Waals surface area contributed by atoms with E-state index in [1.807, 2.05) is 0 Å². The third kappa shape index (κ3) is 1.57. The smallest absolute Gasteiger partial charge is 0.354 e. The highest BCUT2D eigenvalue weighted by atomic mass is 35.5. The van der Waals surface area contributed by atoms with Crippen LogP contribution in [0.5, 0.6) is 0 Å². The second kappa shape index (κ2) is 3.55. The molecule has 0 spiro atoms. The van der Waals surface area contributed by atoms with Crippen LogP contribution in [-0.2, 0) is 4.74 Å². The molecule has 3 nitrogen and oxygen atoms in total. The van der Waals surface area contributed by atoms with Gasteiger partial charge in [0.15, 0.2) is 0 Å². The standard InChI is InChI=1S/C10H7ClFNO2/c1-15-10(14)8-4-5-7(12)3-2-6(11)9(5)13-8/h2-4,13H,1H3. The maximum absolute atomic E-state index is 13.3. The Morgan fingerprint density at radius 2 is 2.27 bits per heavy atom. The second-order valence-corrected chi connectivity index (χ2v) is 3.40. The molecule has 2 rings (SSSR count). The Bertz CT molecular complexity index is 496. The summed E-state index contributed by atoms with van der Waals surface area (Å²) in [6, 6.07) is 4.05. The van der Waals surface area contributed by atoms with Gasteiger partial charge in [-0.15, -0.1) is 0 Å². The van der Waals surface area contributed by atoms with Gasteiger partial charge in [-0.05, 0) is 18.2 Å². The van der Waals surface area contributed by atoms with E-state index in [0.717, 1.165) is 0 Å². The number of hydrogen-bond acceptors (Lipinski definition) is 2. The van der Waals surface area contributed by atoms with Gasteiger partial charge in [0.05, 0.1) is 17.6 Å². The van der Waals surface area contributed by atoms with Crippen molar-refractivity contribution in [1.82, 2.24) is 4.98 Å². The number of rotatable bonds is 1. The zero-order valence-electron chi connectivity index (χ0n) is 7.80. The minimum atomic E-state index is -0.554. The van der Waals surface area contributed by atoms with E-state index in [4.69, 9.17) is 11.6 Å². The summed E-state index contributed by atoms with van der Waals surface area (Å²) in [5, 5.41) is 0.643. The second-order valence-electron chi connectivity index (χ2n) is 2.99. The van der Waals surface area contributed by atoms with Gasteiger partial charge in [0, 0.05) is 5.39 Å². The van der Waals surface area contributed by atoms with Crippen molar-refractivity contribution in [3.63, 3.8) is 0 Å². The number of methoxy groups -OCH3 is 1. The van der Waals surface area contributed by atoms with E-state index in [9.17, 15) is 9.18 Å². The number of ether oxygens (including phenoxy) is 1. The summed E-state index contributed by atoms with van der Waals surface area (Å²) in [5.74, 6) is -0.984. The van der Waals surface area contributed by atoms with Crippen LogP contribution in [0.2, 0.25) is 5.02 Å². The fourth-order valence-corrected chi connectivity index (χ4v) is 1.58. The molecule has 0 saturated heterocycles. The maximum Gasteiger partial charge on any atom is 0.354 e. The average molecular weight is 228 g/mol. The summed E-state index contributed by atoms with van der Waals surface area (Å²) in [6.07, 6.45) is 0. The van der Waals surface area contributed by atoms with Crippen LogP contribution >= 0.6 is 11.6 Å². The summed E-state index contributed by atoms with van der Waals surface area (Å²) in [7, 11) is 1.26. The number of nitrogens with one attached hydrogen (secondary N) is 1. The Labute approximate surface area is 89.8 Å². The molecule has 0 fully saturated rings. The minimum Gasteiger partial charge on any atom is -0.464 e. The topological polar surface area (TPSA) is 42.1 Å². The number of carbonyl (C=O) groups is 1. The number of benzene rings is 1. The summed E-state index contributed by atoms with van der Waals surface area (Å²) < 4.78 is 17.8. The number of H-pyrrole nitrogens is 1. The van der Waals surface area contributed by atoms with Gasteiger partial charge in [-0.3, -0.25) is 0 Å². The number of halogens is 2. The van der Waals surface area contributed by atoms with Crippen molar-refractivity contribution in [3.05, 3.63) is 34.7 Å². The first-order valence-electron chi connectivity index (χ1n) is 4.18. The van der Waals surface area contributed by atoms with Gasteiger partial charge in [0.25, 0.3) is 0 Å². The fourth-order valence-electron chi connectivity index (χ4n) is 1.37. The first kappa shape index (κ1) is 9.98. The monoisotopic (exact) mass is 227 g/mol. The molecule has 0 aliphatic carbocycles. The van der Waals surface area contributed by atoms with Gasteiger partial charge >= 0.3 is 5.97 Å². The third-order valence-electron chi connectivity index (χ3n) is 2.10. The highest BCUT2D eigenvalue weighted by molar-refractivity contribution is 6.35. The first-order valence-corrected chi connectivity index (χ1v) is 4.56. The predicted molar refractivity (Wildman–Crippen MR) is 54.6 cm³/mol. The van der Waals surface area contributed by atoms with Crippen molar-refractivity contribution in [2.24, 2.45) is 0 Å². The molecule has 1 aromatic carbocycles. The highest BCUT2D eigenvalue weighted by Crippen LogP contribution is 2.26. The van der Waals surface area contributed by atoms with Crippen LogP contribution in [0, 0.1) is 5.82 Å².